The molecule has 1 N–H and O–H groups in total. The number of nitrogens with one attached hydrogen (secondary N) is 1. The lowest BCUT2D eigenvalue weighted by Crippen LogP contribution is -2.29. The Hall–Kier alpha value is -0.730. The van der Waals surface area contributed by atoms with Gasteiger partial charge in [0.15, 0.2) is 0 Å². The van der Waals surface area contributed by atoms with Crippen LogP contribution in [0.15, 0.2) is 18.2 Å². The lowest BCUT2D eigenvalue weighted by Gasteiger charge is -2.28. The van der Waals surface area contributed by atoms with Crippen LogP contribution in [0.5, 0.6) is 0 Å². The largest absolute Gasteiger partial charge is 0.370 e. The van der Waals surface area contributed by atoms with Crippen LogP contribution in [-0.2, 0) is 6.54 Å². The van der Waals surface area contributed by atoms with Gasteiger partial charge in [0, 0.05) is 19.6 Å². The number of anilines is 1. The minimum atomic E-state index is 0.627. The molecule has 0 heterocycles. The maximum Gasteiger partial charge on any atom is 0.0642 e. The van der Waals surface area contributed by atoms with Gasteiger partial charge >= 0.3 is 0 Å². The smallest absolute Gasteiger partial charge is 0.0642 e. The van der Waals surface area contributed by atoms with E-state index in [-0.39, 0.29) is 0 Å². The number of halogens is 1. The molecule has 0 saturated heterocycles. The van der Waals surface area contributed by atoms with Gasteiger partial charge in [-0.25, -0.2) is 0 Å². The molecule has 20 heavy (non-hydrogen) atoms. The minimum Gasteiger partial charge on any atom is -0.370 e. The number of benzene rings is 1. The van der Waals surface area contributed by atoms with Gasteiger partial charge in [-0.05, 0) is 36.9 Å². The topological polar surface area (TPSA) is 15.3 Å². The highest BCUT2D eigenvalue weighted by Crippen LogP contribution is 2.30. The Morgan fingerprint density at radius 1 is 1.15 bits per heavy atom. The van der Waals surface area contributed by atoms with Gasteiger partial charge in [-0.2, -0.15) is 0 Å². The van der Waals surface area contributed by atoms with Gasteiger partial charge in [0.05, 0.1) is 10.7 Å². The number of rotatable bonds is 8. The van der Waals surface area contributed by atoms with E-state index in [1.807, 2.05) is 12.1 Å². The summed E-state index contributed by atoms with van der Waals surface area (Å²) in [7, 11) is 0. The normalized spacial score (nSPS) is 11.4. The summed E-state index contributed by atoms with van der Waals surface area (Å²) in [5.74, 6) is 1.29. The molecule has 0 aliphatic carbocycles. The molecule has 3 heteroatoms. The van der Waals surface area contributed by atoms with Gasteiger partial charge in [-0.3, -0.25) is 0 Å². The third-order valence-electron chi connectivity index (χ3n) is 3.22. The number of hydrogen-bond acceptors (Lipinski definition) is 2. The van der Waals surface area contributed by atoms with Crippen LogP contribution in [0.25, 0.3) is 0 Å². The standard InChI is InChI=1S/C17H29ClN2/c1-6-20(12-14(4)5)17-15(8-7-9-16(17)18)11-19-10-13(2)3/h7-9,13-14,19H,6,10-12H2,1-5H3. The lowest BCUT2D eigenvalue weighted by molar-refractivity contribution is 0.550. The zero-order valence-electron chi connectivity index (χ0n) is 13.5. The zero-order valence-corrected chi connectivity index (χ0v) is 14.3. The fraction of sp³-hybridized carbons (Fsp3) is 0.647. The molecule has 0 amide bonds. The maximum absolute atomic E-state index is 6.46. The zero-order chi connectivity index (χ0) is 15.1. The van der Waals surface area contributed by atoms with Crippen LogP contribution in [0.1, 0.15) is 40.2 Å². The molecule has 1 aromatic carbocycles. The fourth-order valence-electron chi connectivity index (χ4n) is 2.37. The van der Waals surface area contributed by atoms with Crippen molar-refractivity contribution >= 4 is 17.3 Å². The van der Waals surface area contributed by atoms with Gasteiger partial charge in [0.1, 0.15) is 0 Å². The Balaban J connectivity index is 2.91. The van der Waals surface area contributed by atoms with Crippen LogP contribution in [0.4, 0.5) is 5.69 Å². The molecular formula is C17H29ClN2. The molecule has 0 atom stereocenters. The van der Waals surface area contributed by atoms with E-state index >= 15 is 0 Å². The third-order valence-corrected chi connectivity index (χ3v) is 3.53. The summed E-state index contributed by atoms with van der Waals surface area (Å²) in [4.78, 5) is 2.39. The van der Waals surface area contributed by atoms with Gasteiger partial charge < -0.3 is 10.2 Å². The minimum absolute atomic E-state index is 0.627. The van der Waals surface area contributed by atoms with Crippen LogP contribution in [0, 0.1) is 11.8 Å². The summed E-state index contributed by atoms with van der Waals surface area (Å²) in [6, 6.07) is 6.21. The van der Waals surface area contributed by atoms with Crippen molar-refractivity contribution in [3.8, 4) is 0 Å². The third kappa shape index (κ3) is 5.34. The van der Waals surface area contributed by atoms with Crippen LogP contribution < -0.4 is 10.2 Å². The summed E-state index contributed by atoms with van der Waals surface area (Å²) < 4.78 is 0. The highest BCUT2D eigenvalue weighted by molar-refractivity contribution is 6.33. The average Bonchev–Trinajstić information content (AvgIpc) is 2.36. The molecule has 114 valence electrons. The van der Waals surface area contributed by atoms with Crippen LogP contribution >= 0.6 is 11.6 Å². The summed E-state index contributed by atoms with van der Waals surface area (Å²) in [6.07, 6.45) is 0. The Morgan fingerprint density at radius 3 is 2.40 bits per heavy atom. The second kappa shape index (κ2) is 8.53. The average molecular weight is 297 g/mol. The molecule has 1 rings (SSSR count). The monoisotopic (exact) mass is 296 g/mol. The molecule has 0 unspecified atom stereocenters. The molecule has 0 aliphatic heterocycles. The molecule has 0 aliphatic rings. The van der Waals surface area contributed by atoms with Crippen molar-refractivity contribution < 1.29 is 0 Å². The predicted molar refractivity (Wildman–Crippen MR) is 90.7 cm³/mol. The Morgan fingerprint density at radius 2 is 1.85 bits per heavy atom. The van der Waals surface area contributed by atoms with Crippen LogP contribution in [-0.4, -0.2) is 19.6 Å². The second-order valence-electron chi connectivity index (χ2n) is 6.20. The van der Waals surface area contributed by atoms with Crippen molar-refractivity contribution in [1.82, 2.24) is 5.32 Å². The van der Waals surface area contributed by atoms with Crippen LogP contribution in [0.2, 0.25) is 5.02 Å². The predicted octanol–water partition coefficient (Wildman–Crippen LogP) is 4.57. The lowest BCUT2D eigenvalue weighted by atomic mass is 10.1. The molecule has 0 saturated carbocycles. The molecule has 0 radical (unpaired) electrons. The Kier molecular flexibility index (Phi) is 7.39. The van der Waals surface area contributed by atoms with Crippen molar-refractivity contribution in [2.24, 2.45) is 11.8 Å². The van der Waals surface area contributed by atoms with E-state index in [0.29, 0.717) is 11.8 Å². The van der Waals surface area contributed by atoms with E-state index in [9.17, 15) is 0 Å². The van der Waals surface area contributed by atoms with E-state index in [1.54, 1.807) is 0 Å². The number of nitrogens with zero attached hydrogens (tertiary/aromatic N) is 1. The summed E-state index contributed by atoms with van der Waals surface area (Å²) in [5, 5.41) is 4.37. The van der Waals surface area contributed by atoms with Crippen molar-refractivity contribution in [3.63, 3.8) is 0 Å². The molecule has 0 fully saturated rings. The first-order valence-electron chi connectivity index (χ1n) is 7.68. The van der Waals surface area contributed by atoms with Crippen molar-refractivity contribution in [3.05, 3.63) is 28.8 Å². The molecular weight excluding hydrogens is 268 g/mol. The van der Waals surface area contributed by atoms with Gasteiger partial charge in [-0.15, -0.1) is 0 Å². The maximum atomic E-state index is 6.46. The van der Waals surface area contributed by atoms with E-state index in [2.05, 4.69) is 50.9 Å². The fourth-order valence-corrected chi connectivity index (χ4v) is 2.69. The summed E-state index contributed by atoms with van der Waals surface area (Å²) >= 11 is 6.46. The highest BCUT2D eigenvalue weighted by Gasteiger charge is 2.14. The van der Waals surface area contributed by atoms with E-state index < -0.39 is 0 Å². The van der Waals surface area contributed by atoms with E-state index in [1.165, 1.54) is 11.3 Å². The summed E-state index contributed by atoms with van der Waals surface area (Å²) in [5.41, 5.74) is 2.49. The first-order chi connectivity index (χ1) is 9.45. The number of hydrogen-bond donors (Lipinski definition) is 1. The second-order valence-corrected chi connectivity index (χ2v) is 6.61. The van der Waals surface area contributed by atoms with Crippen molar-refractivity contribution in [1.29, 1.82) is 0 Å². The molecule has 0 bridgehead atoms. The first kappa shape index (κ1) is 17.3. The van der Waals surface area contributed by atoms with Crippen molar-refractivity contribution in [2.45, 2.75) is 41.2 Å². The first-order valence-corrected chi connectivity index (χ1v) is 8.06. The molecule has 0 aromatic heterocycles. The van der Waals surface area contributed by atoms with Crippen molar-refractivity contribution in [2.75, 3.05) is 24.5 Å². The number of para-hydroxylation sites is 1. The molecule has 1 aromatic rings. The summed E-state index contributed by atoms with van der Waals surface area (Å²) in [6.45, 7) is 15.1. The van der Waals surface area contributed by atoms with E-state index in [4.69, 9.17) is 11.6 Å². The molecule has 2 nitrogen and oxygen atoms in total. The SMILES string of the molecule is CCN(CC(C)C)c1c(Cl)cccc1CNCC(C)C. The quantitative estimate of drug-likeness (QED) is 0.756. The van der Waals surface area contributed by atoms with Gasteiger partial charge in [0.25, 0.3) is 0 Å². The van der Waals surface area contributed by atoms with Gasteiger partial charge in [-0.1, -0.05) is 51.4 Å². The Labute approximate surface area is 129 Å². The van der Waals surface area contributed by atoms with Crippen LogP contribution in [0.3, 0.4) is 0 Å². The van der Waals surface area contributed by atoms with E-state index in [0.717, 1.165) is 31.2 Å². The highest BCUT2D eigenvalue weighted by atomic mass is 35.5. The molecule has 0 spiro atoms. The Bertz CT molecular complexity index is 402. The van der Waals surface area contributed by atoms with Gasteiger partial charge in [0.2, 0.25) is 0 Å².